The van der Waals surface area contributed by atoms with Gasteiger partial charge in [0.05, 0.1) is 6.61 Å². The number of carboxylic acid groups (broad SMARTS) is 1. The minimum absolute atomic E-state index is 0.0258. The highest BCUT2D eigenvalue weighted by atomic mass is 16.4. The molecule has 0 rings (SSSR count). The number of carbonyl (C=O) groups is 2. The van der Waals surface area contributed by atoms with Crippen LogP contribution < -0.4 is 0 Å². The zero-order valence-electron chi connectivity index (χ0n) is 9.30. The Morgan fingerprint density at radius 3 is 1.82 bits per heavy atom. The molecule has 0 heterocycles. The van der Waals surface area contributed by atoms with Gasteiger partial charge in [0.25, 0.3) is 0 Å². The van der Waals surface area contributed by atoms with Gasteiger partial charge in [-0.05, 0) is 0 Å². The van der Waals surface area contributed by atoms with E-state index < -0.39 is 37.0 Å². The second-order valence-corrected chi connectivity index (χ2v) is 3.11. The first kappa shape index (κ1) is 18.3. The van der Waals surface area contributed by atoms with Crippen LogP contribution in [0.1, 0.15) is 13.3 Å². The van der Waals surface area contributed by atoms with Crippen molar-refractivity contribution in [1.82, 2.24) is 0 Å². The van der Waals surface area contributed by atoms with E-state index in [2.05, 4.69) is 0 Å². The van der Waals surface area contributed by atoms with Crippen molar-refractivity contribution in [2.24, 2.45) is 0 Å². The van der Waals surface area contributed by atoms with Crippen LogP contribution in [0.5, 0.6) is 0 Å². The van der Waals surface area contributed by atoms with Crippen molar-refractivity contribution in [3.63, 3.8) is 0 Å². The molecule has 17 heavy (non-hydrogen) atoms. The Bertz CT molecular complexity index is 219. The van der Waals surface area contributed by atoms with Gasteiger partial charge in [0.15, 0.2) is 6.29 Å². The highest BCUT2D eigenvalue weighted by molar-refractivity contribution is 5.66. The van der Waals surface area contributed by atoms with Gasteiger partial charge in [-0.1, -0.05) is 6.92 Å². The number of hydrogen-bond donors (Lipinski definition) is 6. The third-order valence-electron chi connectivity index (χ3n) is 1.72. The fourth-order valence-electron chi connectivity index (χ4n) is 0.618. The number of hydrogen-bond acceptors (Lipinski definition) is 7. The van der Waals surface area contributed by atoms with E-state index in [1.54, 1.807) is 6.92 Å². The maximum absolute atomic E-state index is 9.90. The highest BCUT2D eigenvalue weighted by Gasteiger charge is 2.29. The molecular formula is C9H18O8. The van der Waals surface area contributed by atoms with Crippen LogP contribution in [0, 0.1) is 0 Å². The van der Waals surface area contributed by atoms with Gasteiger partial charge >= 0.3 is 5.97 Å². The first-order valence-electron chi connectivity index (χ1n) is 4.81. The fraction of sp³-hybridized carbons (Fsp3) is 0.778. The van der Waals surface area contributed by atoms with Crippen molar-refractivity contribution < 1.29 is 40.2 Å². The first-order valence-corrected chi connectivity index (χ1v) is 4.81. The van der Waals surface area contributed by atoms with Crippen molar-refractivity contribution in [3.05, 3.63) is 0 Å². The Morgan fingerprint density at radius 1 is 1.18 bits per heavy atom. The standard InChI is InChI=1S/C6H12O6.C3H6O2/c7-1-3(9)5(11)6(12)4(10)2-8;1-2-3(4)5/h1,3-6,8-12H,2H2;2H2,1H3,(H,4,5)/t3-,4+,5+,6+;/m0./s1. The van der Waals surface area contributed by atoms with Crippen LogP contribution in [-0.2, 0) is 9.59 Å². The summed E-state index contributed by atoms with van der Waals surface area (Å²) in [6.07, 6.45) is -6.62. The molecule has 4 atom stereocenters. The predicted octanol–water partition coefficient (Wildman–Crippen LogP) is -2.90. The Labute approximate surface area is 97.8 Å². The predicted molar refractivity (Wildman–Crippen MR) is 55.1 cm³/mol. The smallest absolute Gasteiger partial charge is 0.303 e. The number of carboxylic acids is 1. The van der Waals surface area contributed by atoms with Crippen molar-refractivity contribution >= 4 is 12.3 Å². The number of aliphatic carboxylic acids is 1. The fourth-order valence-corrected chi connectivity index (χ4v) is 0.618. The van der Waals surface area contributed by atoms with Gasteiger partial charge in [0.1, 0.15) is 24.4 Å². The topological polar surface area (TPSA) is 156 Å². The summed E-state index contributed by atoms with van der Waals surface area (Å²) in [6.45, 7) is 0.839. The SMILES string of the molecule is CCC(=O)O.O=C[C@H](O)[C@@H](O)[C@H](O)[C@H](O)CO. The van der Waals surface area contributed by atoms with Gasteiger partial charge in [0, 0.05) is 6.42 Å². The van der Waals surface area contributed by atoms with Crippen LogP contribution >= 0.6 is 0 Å². The zero-order chi connectivity index (χ0) is 14.0. The van der Waals surface area contributed by atoms with E-state index in [9.17, 15) is 9.59 Å². The third-order valence-corrected chi connectivity index (χ3v) is 1.72. The largest absolute Gasteiger partial charge is 0.481 e. The molecule has 0 unspecified atom stereocenters. The van der Waals surface area contributed by atoms with Gasteiger partial charge in [0.2, 0.25) is 0 Å². The summed E-state index contributed by atoms with van der Waals surface area (Å²) in [7, 11) is 0. The average molecular weight is 254 g/mol. The molecule has 0 fully saturated rings. The van der Waals surface area contributed by atoms with E-state index in [-0.39, 0.29) is 12.7 Å². The molecule has 0 aliphatic carbocycles. The van der Waals surface area contributed by atoms with E-state index in [1.807, 2.05) is 0 Å². The molecule has 0 radical (unpaired) electrons. The second kappa shape index (κ2) is 10.1. The van der Waals surface area contributed by atoms with Crippen molar-refractivity contribution in [3.8, 4) is 0 Å². The maximum atomic E-state index is 9.90. The summed E-state index contributed by atoms with van der Waals surface area (Å²) in [5.74, 6) is -0.745. The number of aldehydes is 1. The van der Waals surface area contributed by atoms with Crippen LogP contribution in [0.25, 0.3) is 0 Å². The Morgan fingerprint density at radius 2 is 1.59 bits per heavy atom. The second-order valence-electron chi connectivity index (χ2n) is 3.11. The van der Waals surface area contributed by atoms with Gasteiger partial charge in [-0.25, -0.2) is 0 Å². The van der Waals surface area contributed by atoms with E-state index in [0.29, 0.717) is 0 Å². The van der Waals surface area contributed by atoms with E-state index in [0.717, 1.165) is 0 Å². The number of aliphatic hydroxyl groups excluding tert-OH is 5. The highest BCUT2D eigenvalue weighted by Crippen LogP contribution is 2.02. The van der Waals surface area contributed by atoms with Crippen LogP contribution in [-0.4, -0.2) is 73.9 Å². The molecular weight excluding hydrogens is 236 g/mol. The lowest BCUT2D eigenvalue weighted by Crippen LogP contribution is -2.46. The lowest BCUT2D eigenvalue weighted by molar-refractivity contribution is -0.137. The lowest BCUT2D eigenvalue weighted by atomic mass is 10.0. The normalized spacial score (nSPS) is 17.1. The van der Waals surface area contributed by atoms with Gasteiger partial charge in [-0.3, -0.25) is 4.79 Å². The van der Waals surface area contributed by atoms with Crippen LogP contribution in [0.15, 0.2) is 0 Å². The molecule has 0 aliphatic heterocycles. The lowest BCUT2D eigenvalue weighted by Gasteiger charge is -2.22. The molecule has 0 amide bonds. The minimum Gasteiger partial charge on any atom is -0.481 e. The quantitative estimate of drug-likeness (QED) is 0.276. The van der Waals surface area contributed by atoms with Gasteiger partial charge in [-0.15, -0.1) is 0 Å². The molecule has 0 saturated carbocycles. The van der Waals surface area contributed by atoms with Crippen molar-refractivity contribution in [2.75, 3.05) is 6.61 Å². The molecule has 0 bridgehead atoms. The Balaban J connectivity index is 0. The molecule has 8 nitrogen and oxygen atoms in total. The summed E-state index contributed by atoms with van der Waals surface area (Å²) in [5.41, 5.74) is 0. The molecule has 0 spiro atoms. The molecule has 102 valence electrons. The summed E-state index contributed by atoms with van der Waals surface area (Å²) < 4.78 is 0. The summed E-state index contributed by atoms with van der Waals surface area (Å²) in [5, 5.41) is 51.3. The third kappa shape index (κ3) is 8.72. The number of carbonyl (C=O) groups excluding carboxylic acids is 1. The molecule has 0 aromatic carbocycles. The van der Waals surface area contributed by atoms with Crippen molar-refractivity contribution in [2.45, 2.75) is 37.8 Å². The van der Waals surface area contributed by atoms with E-state index in [1.165, 1.54) is 0 Å². The van der Waals surface area contributed by atoms with Gasteiger partial charge in [-0.2, -0.15) is 0 Å². The molecule has 8 heteroatoms. The maximum Gasteiger partial charge on any atom is 0.303 e. The van der Waals surface area contributed by atoms with E-state index >= 15 is 0 Å². The molecule has 0 aliphatic rings. The first-order chi connectivity index (χ1) is 7.81. The Kier molecular flexibility index (Phi) is 10.9. The molecule has 0 aromatic heterocycles. The minimum atomic E-state index is -1.79. The molecule has 6 N–H and O–H groups in total. The van der Waals surface area contributed by atoms with Crippen LogP contribution in [0.2, 0.25) is 0 Å². The monoisotopic (exact) mass is 254 g/mol. The summed E-state index contributed by atoms with van der Waals surface area (Å²) in [6, 6.07) is 0. The molecule has 0 aromatic rings. The average Bonchev–Trinajstić information content (AvgIpc) is 2.35. The summed E-state index contributed by atoms with van der Waals surface area (Å²) >= 11 is 0. The van der Waals surface area contributed by atoms with E-state index in [4.69, 9.17) is 30.6 Å². The number of aliphatic hydroxyl groups is 5. The Hall–Kier alpha value is -1.06. The molecule has 0 saturated heterocycles. The summed E-state index contributed by atoms with van der Waals surface area (Å²) in [4.78, 5) is 19.3. The zero-order valence-corrected chi connectivity index (χ0v) is 9.30. The van der Waals surface area contributed by atoms with Crippen LogP contribution in [0.4, 0.5) is 0 Å². The van der Waals surface area contributed by atoms with Crippen LogP contribution in [0.3, 0.4) is 0 Å². The van der Waals surface area contributed by atoms with Gasteiger partial charge < -0.3 is 35.4 Å². The number of rotatable bonds is 6. The van der Waals surface area contributed by atoms with Crippen molar-refractivity contribution in [1.29, 1.82) is 0 Å².